The van der Waals surface area contributed by atoms with Crippen LogP contribution in [0.5, 0.6) is 0 Å². The van der Waals surface area contributed by atoms with E-state index in [9.17, 15) is 4.79 Å². The highest BCUT2D eigenvalue weighted by molar-refractivity contribution is 7.18. The van der Waals surface area contributed by atoms with Gasteiger partial charge in [0, 0.05) is 36.8 Å². The van der Waals surface area contributed by atoms with Gasteiger partial charge >= 0.3 is 0 Å². The number of likely N-dealkylation sites (tertiary alicyclic amines) is 1. The molecule has 0 unspecified atom stereocenters. The first-order chi connectivity index (χ1) is 15.2. The van der Waals surface area contributed by atoms with Crippen LogP contribution in [0.15, 0.2) is 73.1 Å². The maximum atomic E-state index is 12.7. The smallest absolute Gasteiger partial charge is 0.246 e. The molecule has 1 saturated heterocycles. The van der Waals surface area contributed by atoms with Gasteiger partial charge in [0.25, 0.3) is 0 Å². The zero-order valence-electron chi connectivity index (χ0n) is 17.2. The van der Waals surface area contributed by atoms with E-state index in [1.54, 1.807) is 23.6 Å². The van der Waals surface area contributed by atoms with Crippen LogP contribution >= 0.6 is 11.3 Å². The lowest BCUT2D eigenvalue weighted by Gasteiger charge is -2.30. The van der Waals surface area contributed by atoms with Crippen molar-refractivity contribution < 1.29 is 4.79 Å². The van der Waals surface area contributed by atoms with Gasteiger partial charge in [-0.25, -0.2) is 4.98 Å². The lowest BCUT2D eigenvalue weighted by atomic mass is 9.97. The van der Waals surface area contributed by atoms with Crippen LogP contribution in [0.2, 0.25) is 0 Å². The van der Waals surface area contributed by atoms with Gasteiger partial charge in [-0.15, -0.1) is 11.3 Å². The van der Waals surface area contributed by atoms with Crippen LogP contribution in [0.4, 0.5) is 0 Å². The minimum Gasteiger partial charge on any atom is -0.339 e. The zero-order chi connectivity index (χ0) is 21.0. The van der Waals surface area contributed by atoms with Crippen LogP contribution in [0, 0.1) is 0 Å². The molecule has 156 valence electrons. The molecule has 5 nitrogen and oxygen atoms in total. The molecule has 2 aromatic carbocycles. The molecule has 0 saturated carbocycles. The molecular formula is C25H24N4OS. The van der Waals surface area contributed by atoms with Crippen molar-refractivity contribution in [2.75, 3.05) is 13.1 Å². The first-order valence-corrected chi connectivity index (χ1v) is 11.4. The average molecular weight is 429 g/mol. The van der Waals surface area contributed by atoms with Gasteiger partial charge in [0.05, 0.1) is 28.0 Å². The number of rotatable bonds is 5. The zero-order valence-corrected chi connectivity index (χ0v) is 18.0. The summed E-state index contributed by atoms with van der Waals surface area (Å²) in [6.07, 6.45) is 9.23. The second-order valence-electron chi connectivity index (χ2n) is 7.91. The van der Waals surface area contributed by atoms with Gasteiger partial charge in [-0.05, 0) is 36.6 Å². The summed E-state index contributed by atoms with van der Waals surface area (Å²) in [6, 6.07) is 18.5. The molecule has 4 aromatic rings. The fraction of sp³-hybridized carbons (Fsp3) is 0.240. The Balaban J connectivity index is 1.16. The number of piperidine rings is 1. The van der Waals surface area contributed by atoms with Gasteiger partial charge in [0.2, 0.25) is 5.91 Å². The van der Waals surface area contributed by atoms with Crippen LogP contribution in [0.3, 0.4) is 0 Å². The molecule has 1 amide bonds. The molecule has 31 heavy (non-hydrogen) atoms. The molecule has 0 N–H and O–H groups in total. The monoisotopic (exact) mass is 428 g/mol. The second-order valence-corrected chi connectivity index (χ2v) is 8.97. The fourth-order valence-electron chi connectivity index (χ4n) is 4.01. The van der Waals surface area contributed by atoms with E-state index in [-0.39, 0.29) is 5.91 Å². The van der Waals surface area contributed by atoms with Crippen molar-refractivity contribution in [1.29, 1.82) is 0 Å². The Morgan fingerprint density at radius 2 is 1.84 bits per heavy atom. The maximum Gasteiger partial charge on any atom is 0.246 e. The van der Waals surface area contributed by atoms with E-state index < -0.39 is 0 Å². The van der Waals surface area contributed by atoms with Crippen LogP contribution < -0.4 is 0 Å². The van der Waals surface area contributed by atoms with Crippen molar-refractivity contribution in [3.63, 3.8) is 0 Å². The van der Waals surface area contributed by atoms with Crippen molar-refractivity contribution in [2.24, 2.45) is 0 Å². The Hall–Kier alpha value is -3.25. The average Bonchev–Trinajstić information content (AvgIpc) is 3.45. The third-order valence-corrected chi connectivity index (χ3v) is 6.92. The van der Waals surface area contributed by atoms with Crippen molar-refractivity contribution >= 4 is 33.5 Å². The lowest BCUT2D eigenvalue weighted by molar-refractivity contribution is -0.126. The Bertz CT molecular complexity index is 1170. The summed E-state index contributed by atoms with van der Waals surface area (Å²) in [5.74, 6) is 0.514. The number of hydrogen-bond donors (Lipinski definition) is 0. The molecule has 0 aliphatic carbocycles. The van der Waals surface area contributed by atoms with Crippen molar-refractivity contribution in [3.8, 4) is 0 Å². The van der Waals surface area contributed by atoms with E-state index in [2.05, 4.69) is 35.4 Å². The number of benzene rings is 2. The number of nitrogens with zero attached hydrogens (tertiary/aromatic N) is 4. The highest BCUT2D eigenvalue weighted by Gasteiger charge is 2.25. The van der Waals surface area contributed by atoms with Gasteiger partial charge in [-0.3, -0.25) is 9.48 Å². The van der Waals surface area contributed by atoms with Crippen LogP contribution in [0.1, 0.15) is 34.9 Å². The highest BCUT2D eigenvalue weighted by atomic mass is 32.1. The number of carbonyl (C=O) groups is 1. The molecule has 0 atom stereocenters. The van der Waals surface area contributed by atoms with Gasteiger partial charge in [-0.1, -0.05) is 42.5 Å². The number of hydrogen-bond acceptors (Lipinski definition) is 4. The van der Waals surface area contributed by atoms with E-state index >= 15 is 0 Å². The second kappa shape index (κ2) is 8.86. The van der Waals surface area contributed by atoms with E-state index in [4.69, 9.17) is 4.98 Å². The summed E-state index contributed by atoms with van der Waals surface area (Å²) in [5.41, 5.74) is 3.22. The Kier molecular flexibility index (Phi) is 5.63. The molecule has 2 aromatic heterocycles. The molecule has 0 radical (unpaired) electrons. The Morgan fingerprint density at radius 1 is 1.06 bits per heavy atom. The standard InChI is InChI=1S/C25H24N4OS/c30-24(11-10-20-16-26-29(18-20)17-19-6-2-1-3-7-19)28-14-12-21(13-15-28)25-27-22-8-4-5-9-23(22)31-25/h1-11,16,18,21H,12-15,17H2. The van der Waals surface area contributed by atoms with Crippen molar-refractivity contribution in [2.45, 2.75) is 25.3 Å². The molecule has 1 aliphatic heterocycles. The molecular weight excluding hydrogens is 404 g/mol. The van der Waals surface area contributed by atoms with Gasteiger partial charge in [0.1, 0.15) is 0 Å². The summed E-state index contributed by atoms with van der Waals surface area (Å²) in [7, 11) is 0. The number of amides is 1. The van der Waals surface area contributed by atoms with E-state index in [0.29, 0.717) is 5.92 Å². The van der Waals surface area contributed by atoms with Crippen molar-refractivity contribution in [1.82, 2.24) is 19.7 Å². The lowest BCUT2D eigenvalue weighted by Crippen LogP contribution is -2.36. The van der Waals surface area contributed by atoms with Crippen LogP contribution in [0.25, 0.3) is 16.3 Å². The number of aromatic nitrogens is 3. The maximum absolute atomic E-state index is 12.7. The molecule has 1 fully saturated rings. The first kappa shape index (κ1) is 19.7. The van der Waals surface area contributed by atoms with E-state index in [1.165, 1.54) is 15.3 Å². The van der Waals surface area contributed by atoms with E-state index in [0.717, 1.165) is 43.6 Å². The molecule has 0 bridgehead atoms. The van der Waals surface area contributed by atoms with Gasteiger partial charge in [0.15, 0.2) is 0 Å². The third kappa shape index (κ3) is 4.59. The van der Waals surface area contributed by atoms with Crippen LogP contribution in [-0.2, 0) is 11.3 Å². The number of thiazole rings is 1. The fourth-order valence-corrected chi connectivity index (χ4v) is 5.14. The largest absolute Gasteiger partial charge is 0.339 e. The van der Waals surface area contributed by atoms with Gasteiger partial charge in [-0.2, -0.15) is 5.10 Å². The number of para-hydroxylation sites is 1. The molecule has 6 heteroatoms. The summed E-state index contributed by atoms with van der Waals surface area (Å²) in [5, 5.41) is 5.60. The number of fused-ring (bicyclic) bond motifs is 1. The first-order valence-electron chi connectivity index (χ1n) is 10.6. The molecule has 5 rings (SSSR count). The predicted octanol–water partition coefficient (Wildman–Crippen LogP) is 4.96. The Morgan fingerprint density at radius 3 is 2.65 bits per heavy atom. The Labute approximate surface area is 185 Å². The summed E-state index contributed by atoms with van der Waals surface area (Å²) < 4.78 is 3.13. The van der Waals surface area contributed by atoms with Gasteiger partial charge < -0.3 is 4.90 Å². The normalized spacial score (nSPS) is 15.2. The molecule has 0 spiro atoms. The third-order valence-electron chi connectivity index (χ3n) is 5.73. The molecule has 3 heterocycles. The highest BCUT2D eigenvalue weighted by Crippen LogP contribution is 2.33. The van der Waals surface area contributed by atoms with Crippen molar-refractivity contribution in [3.05, 3.63) is 89.2 Å². The summed E-state index contributed by atoms with van der Waals surface area (Å²) >= 11 is 1.79. The SMILES string of the molecule is O=C(C=Cc1cnn(Cc2ccccc2)c1)N1CCC(c2nc3ccccc3s2)CC1. The molecule has 1 aliphatic rings. The minimum atomic E-state index is 0.0681. The number of carbonyl (C=O) groups excluding carboxylic acids is 1. The summed E-state index contributed by atoms with van der Waals surface area (Å²) in [6.45, 7) is 2.27. The predicted molar refractivity (Wildman–Crippen MR) is 125 cm³/mol. The summed E-state index contributed by atoms with van der Waals surface area (Å²) in [4.78, 5) is 19.4. The quantitative estimate of drug-likeness (QED) is 0.422. The minimum absolute atomic E-state index is 0.0681. The van der Waals surface area contributed by atoms with Crippen LogP contribution in [-0.4, -0.2) is 38.7 Å². The topological polar surface area (TPSA) is 51.0 Å². The van der Waals surface area contributed by atoms with E-state index in [1.807, 2.05) is 46.1 Å².